The Morgan fingerprint density at radius 3 is 1.91 bits per heavy atom. The second kappa shape index (κ2) is 21.1. The second-order valence-electron chi connectivity index (χ2n) is 10.1. The van der Waals surface area contributed by atoms with Crippen molar-refractivity contribution in [1.29, 1.82) is 0 Å². The van der Waals surface area contributed by atoms with Gasteiger partial charge in [-0.05, 0) is 39.0 Å². The fourth-order valence-corrected chi connectivity index (χ4v) is 4.28. The van der Waals surface area contributed by atoms with Crippen molar-refractivity contribution in [2.45, 2.75) is 110 Å². The Morgan fingerprint density at radius 1 is 0.818 bits per heavy atom. The lowest BCUT2D eigenvalue weighted by Crippen LogP contribution is -2.37. The van der Waals surface area contributed by atoms with Crippen molar-refractivity contribution in [3.8, 4) is 0 Å². The molecule has 33 heavy (non-hydrogen) atoms. The van der Waals surface area contributed by atoms with Crippen molar-refractivity contribution in [3.05, 3.63) is 12.2 Å². The first kappa shape index (κ1) is 32.8. The van der Waals surface area contributed by atoms with Gasteiger partial charge in [0.25, 0.3) is 0 Å². The molecule has 0 saturated carbocycles. The number of allylic oxidation sites excluding steroid dienone is 2. The second-order valence-corrected chi connectivity index (χ2v) is 11.5. The molecule has 0 spiro atoms. The van der Waals surface area contributed by atoms with Crippen LogP contribution in [0.2, 0.25) is 0 Å². The van der Waals surface area contributed by atoms with E-state index >= 15 is 0 Å². The Kier molecular flexibility index (Phi) is 20.9. The quantitative estimate of drug-likeness (QED) is 0.0664. The van der Waals surface area contributed by atoms with E-state index in [0.717, 1.165) is 19.3 Å². The summed E-state index contributed by atoms with van der Waals surface area (Å²) in [5.41, 5.74) is 0. The van der Waals surface area contributed by atoms with Crippen LogP contribution < -0.4 is 0 Å². The Bertz CT molecular complexity index is 507. The lowest BCUT2D eigenvalue weighted by molar-refractivity contribution is -0.870. The molecule has 6 nitrogen and oxygen atoms in total. The van der Waals surface area contributed by atoms with Gasteiger partial charge in [-0.1, -0.05) is 76.9 Å². The highest BCUT2D eigenvalue weighted by Gasteiger charge is 2.24. The van der Waals surface area contributed by atoms with Crippen LogP contribution in [0.25, 0.3) is 0 Å². The lowest BCUT2D eigenvalue weighted by Gasteiger charge is -2.24. The number of rotatable bonds is 24. The predicted molar refractivity (Wildman–Crippen MR) is 139 cm³/mol. The maximum absolute atomic E-state index is 12.1. The minimum atomic E-state index is -4.03. The van der Waals surface area contributed by atoms with Gasteiger partial charge < -0.3 is 14.1 Å². The van der Waals surface area contributed by atoms with Crippen LogP contribution in [-0.2, 0) is 18.3 Å². The van der Waals surface area contributed by atoms with Crippen molar-refractivity contribution in [2.75, 3.05) is 47.5 Å². The van der Waals surface area contributed by atoms with Crippen molar-refractivity contribution < 1.29 is 27.7 Å². The topological polar surface area (TPSA) is 65.0 Å². The van der Waals surface area contributed by atoms with E-state index in [1.807, 2.05) is 28.1 Å². The SMILES string of the molecule is CCCCCCCC/C=C\CCCCCCCC(COP(=O)(O)OCC[N+](C)(C)C)OCC. The van der Waals surface area contributed by atoms with Crippen molar-refractivity contribution in [3.63, 3.8) is 0 Å². The molecule has 0 saturated heterocycles. The molecule has 0 heterocycles. The van der Waals surface area contributed by atoms with E-state index in [2.05, 4.69) is 19.1 Å². The zero-order valence-electron chi connectivity index (χ0n) is 22.4. The maximum Gasteiger partial charge on any atom is 0.472 e. The summed E-state index contributed by atoms with van der Waals surface area (Å²) in [5, 5.41) is 0. The van der Waals surface area contributed by atoms with Crippen molar-refractivity contribution in [2.24, 2.45) is 0 Å². The summed E-state index contributed by atoms with van der Waals surface area (Å²) < 4.78 is 28.7. The van der Waals surface area contributed by atoms with Gasteiger partial charge in [0.05, 0.1) is 33.9 Å². The van der Waals surface area contributed by atoms with Gasteiger partial charge in [0.15, 0.2) is 0 Å². The van der Waals surface area contributed by atoms with Crippen LogP contribution >= 0.6 is 7.82 Å². The Morgan fingerprint density at radius 2 is 1.36 bits per heavy atom. The molecule has 0 fully saturated rings. The monoisotopic (exact) mass is 492 g/mol. The minimum Gasteiger partial charge on any atom is -0.376 e. The zero-order chi connectivity index (χ0) is 24.8. The van der Waals surface area contributed by atoms with E-state index in [1.165, 1.54) is 70.6 Å². The standard InChI is InChI=1S/C26H54NO5P/c1-6-8-9-10-11-12-13-14-15-16-17-18-19-20-21-22-26(30-7-2)25-32-33(28,29)31-24-23-27(3,4)5/h14-15,26H,6-13,16-25H2,1-5H3/p+1/b15-14-. The molecule has 2 unspecified atom stereocenters. The number of unbranched alkanes of at least 4 members (excludes halogenated alkanes) is 11. The Labute approximate surface area is 205 Å². The fraction of sp³-hybridized carbons (Fsp3) is 0.923. The molecular formula is C26H55NO5P+. The van der Waals surface area contributed by atoms with Crippen LogP contribution in [0.3, 0.4) is 0 Å². The van der Waals surface area contributed by atoms with Gasteiger partial charge >= 0.3 is 7.82 Å². The fourth-order valence-electron chi connectivity index (χ4n) is 3.54. The molecule has 0 aliphatic heterocycles. The molecule has 0 radical (unpaired) electrons. The largest absolute Gasteiger partial charge is 0.472 e. The number of phosphoric acid groups is 1. The molecule has 7 heteroatoms. The molecule has 0 rings (SSSR count). The van der Waals surface area contributed by atoms with Crippen LogP contribution in [0.15, 0.2) is 12.2 Å². The van der Waals surface area contributed by atoms with E-state index in [0.29, 0.717) is 17.6 Å². The predicted octanol–water partition coefficient (Wildman–Crippen LogP) is 7.27. The molecule has 0 aromatic heterocycles. The van der Waals surface area contributed by atoms with Gasteiger partial charge in [0.2, 0.25) is 0 Å². The minimum absolute atomic E-state index is 0.0927. The summed E-state index contributed by atoms with van der Waals surface area (Å²) in [4.78, 5) is 9.88. The van der Waals surface area contributed by atoms with Crippen LogP contribution in [-0.4, -0.2) is 63.0 Å². The molecule has 0 aromatic carbocycles. The summed E-state index contributed by atoms with van der Waals surface area (Å²) in [7, 11) is 1.99. The average Bonchev–Trinajstić information content (AvgIpc) is 2.73. The number of hydrogen-bond acceptors (Lipinski definition) is 4. The van der Waals surface area contributed by atoms with E-state index in [-0.39, 0.29) is 19.3 Å². The summed E-state index contributed by atoms with van der Waals surface area (Å²) in [6, 6.07) is 0. The maximum atomic E-state index is 12.1. The van der Waals surface area contributed by atoms with E-state index in [9.17, 15) is 9.46 Å². The molecule has 0 aromatic rings. The molecule has 2 atom stereocenters. The number of likely N-dealkylation sites (N-methyl/N-ethyl adjacent to an activating group) is 1. The molecule has 198 valence electrons. The molecule has 0 aliphatic rings. The third-order valence-electron chi connectivity index (χ3n) is 5.63. The van der Waals surface area contributed by atoms with Crippen LogP contribution in [0.1, 0.15) is 104 Å². The summed E-state index contributed by atoms with van der Waals surface area (Å²) >= 11 is 0. The van der Waals surface area contributed by atoms with Crippen LogP contribution in [0.4, 0.5) is 0 Å². The van der Waals surface area contributed by atoms with Crippen molar-refractivity contribution in [1.82, 2.24) is 0 Å². The van der Waals surface area contributed by atoms with E-state index in [1.54, 1.807) is 0 Å². The normalized spacial score (nSPS) is 15.2. The number of ether oxygens (including phenoxy) is 1. The molecule has 0 bridgehead atoms. The highest BCUT2D eigenvalue weighted by Crippen LogP contribution is 2.43. The summed E-state index contributed by atoms with van der Waals surface area (Å²) in [6.45, 7) is 5.68. The Balaban J connectivity index is 3.76. The smallest absolute Gasteiger partial charge is 0.376 e. The number of nitrogens with zero attached hydrogens (tertiary/aromatic N) is 1. The number of hydrogen-bond donors (Lipinski definition) is 1. The molecular weight excluding hydrogens is 437 g/mol. The summed E-state index contributed by atoms with van der Waals surface area (Å²) in [5.74, 6) is 0. The van der Waals surface area contributed by atoms with E-state index < -0.39 is 7.82 Å². The van der Waals surface area contributed by atoms with Gasteiger partial charge in [-0.25, -0.2) is 4.57 Å². The molecule has 1 N–H and O–H groups in total. The Hall–Kier alpha value is -0.230. The van der Waals surface area contributed by atoms with Crippen LogP contribution in [0.5, 0.6) is 0 Å². The molecule has 0 amide bonds. The lowest BCUT2D eigenvalue weighted by atomic mass is 10.1. The van der Waals surface area contributed by atoms with Gasteiger partial charge in [-0.15, -0.1) is 0 Å². The van der Waals surface area contributed by atoms with Gasteiger partial charge in [-0.3, -0.25) is 9.05 Å². The first-order chi connectivity index (χ1) is 15.7. The highest BCUT2D eigenvalue weighted by atomic mass is 31.2. The van der Waals surface area contributed by atoms with Crippen molar-refractivity contribution >= 4 is 7.82 Å². The third kappa shape index (κ3) is 24.7. The highest BCUT2D eigenvalue weighted by molar-refractivity contribution is 7.47. The number of phosphoric ester groups is 1. The number of quaternary nitrogens is 1. The third-order valence-corrected chi connectivity index (χ3v) is 6.61. The van der Waals surface area contributed by atoms with Gasteiger partial charge in [0, 0.05) is 6.61 Å². The van der Waals surface area contributed by atoms with Crippen LogP contribution in [0, 0.1) is 0 Å². The first-order valence-corrected chi connectivity index (χ1v) is 14.9. The first-order valence-electron chi connectivity index (χ1n) is 13.4. The zero-order valence-corrected chi connectivity index (χ0v) is 23.3. The van der Waals surface area contributed by atoms with Gasteiger partial charge in [-0.2, -0.15) is 0 Å². The summed E-state index contributed by atoms with van der Waals surface area (Å²) in [6.07, 6.45) is 21.9. The average molecular weight is 493 g/mol. The molecule has 0 aliphatic carbocycles. The van der Waals surface area contributed by atoms with E-state index in [4.69, 9.17) is 13.8 Å². The van der Waals surface area contributed by atoms with Gasteiger partial charge in [0.1, 0.15) is 13.2 Å².